The lowest BCUT2D eigenvalue weighted by Gasteiger charge is -2.40. The maximum absolute atomic E-state index is 11.9. The second kappa shape index (κ2) is 8.88. The van der Waals surface area contributed by atoms with Crippen molar-refractivity contribution in [3.63, 3.8) is 0 Å². The summed E-state index contributed by atoms with van der Waals surface area (Å²) in [5.41, 5.74) is 0. The van der Waals surface area contributed by atoms with Gasteiger partial charge in [-0.1, -0.05) is 20.8 Å². The fourth-order valence-electron chi connectivity index (χ4n) is 2.28. The van der Waals surface area contributed by atoms with Gasteiger partial charge in [0.05, 0.1) is 19.3 Å². The van der Waals surface area contributed by atoms with E-state index in [-0.39, 0.29) is 18.4 Å². The van der Waals surface area contributed by atoms with Gasteiger partial charge in [0.2, 0.25) is 0 Å². The molecule has 22 heavy (non-hydrogen) atoms. The average Bonchev–Trinajstić information content (AvgIpc) is 2.49. The summed E-state index contributed by atoms with van der Waals surface area (Å²) in [4.78, 5) is 11.9. The SMILES string of the molecule is CCC(=O)[C@H](CO[C@@H]1OC(CO)[C@@H](O)C(O)C1O)NC(C)C. The minimum Gasteiger partial charge on any atom is -0.394 e. The van der Waals surface area contributed by atoms with Gasteiger partial charge in [0.1, 0.15) is 24.4 Å². The first kappa shape index (κ1) is 19.4. The Bertz CT molecular complexity index is 350. The second-order valence-corrected chi connectivity index (χ2v) is 5.72. The first-order chi connectivity index (χ1) is 10.3. The molecule has 0 spiro atoms. The van der Waals surface area contributed by atoms with E-state index in [4.69, 9.17) is 14.6 Å². The van der Waals surface area contributed by atoms with Crippen LogP contribution in [-0.2, 0) is 14.3 Å². The molecule has 1 aliphatic rings. The van der Waals surface area contributed by atoms with Crippen LogP contribution in [0, 0.1) is 0 Å². The summed E-state index contributed by atoms with van der Waals surface area (Å²) in [5.74, 6) is -0.0432. The molecule has 1 rings (SSSR count). The van der Waals surface area contributed by atoms with Crippen molar-refractivity contribution >= 4 is 5.78 Å². The third kappa shape index (κ3) is 4.95. The summed E-state index contributed by atoms with van der Waals surface area (Å²) in [6.45, 7) is 4.96. The number of hydrogen-bond acceptors (Lipinski definition) is 8. The van der Waals surface area contributed by atoms with Crippen molar-refractivity contribution in [2.75, 3.05) is 13.2 Å². The number of hydrogen-bond donors (Lipinski definition) is 5. The molecule has 0 aliphatic carbocycles. The predicted octanol–water partition coefficient (Wildman–Crippen LogP) is -1.85. The molecule has 0 aromatic carbocycles. The highest BCUT2D eigenvalue weighted by Gasteiger charge is 2.44. The number of carbonyl (C=O) groups is 1. The Morgan fingerprint density at radius 3 is 2.36 bits per heavy atom. The molecule has 0 aromatic heterocycles. The van der Waals surface area contributed by atoms with E-state index in [9.17, 15) is 20.1 Å². The van der Waals surface area contributed by atoms with Crippen LogP contribution in [0.2, 0.25) is 0 Å². The van der Waals surface area contributed by atoms with E-state index in [0.29, 0.717) is 6.42 Å². The maximum atomic E-state index is 11.9. The van der Waals surface area contributed by atoms with Crippen molar-refractivity contribution in [3.05, 3.63) is 0 Å². The molecule has 130 valence electrons. The molecule has 6 atom stereocenters. The summed E-state index contributed by atoms with van der Waals surface area (Å²) >= 11 is 0. The van der Waals surface area contributed by atoms with E-state index in [1.54, 1.807) is 6.92 Å². The van der Waals surface area contributed by atoms with Crippen molar-refractivity contribution in [2.24, 2.45) is 0 Å². The molecule has 1 fully saturated rings. The molecule has 0 radical (unpaired) electrons. The van der Waals surface area contributed by atoms with Gasteiger partial charge in [-0.15, -0.1) is 0 Å². The van der Waals surface area contributed by atoms with Crippen molar-refractivity contribution in [1.29, 1.82) is 0 Å². The summed E-state index contributed by atoms with van der Waals surface area (Å²) < 4.78 is 10.6. The Morgan fingerprint density at radius 2 is 1.86 bits per heavy atom. The van der Waals surface area contributed by atoms with Crippen LogP contribution in [0.15, 0.2) is 0 Å². The van der Waals surface area contributed by atoms with E-state index in [2.05, 4.69) is 5.32 Å². The Labute approximate surface area is 130 Å². The van der Waals surface area contributed by atoms with Crippen LogP contribution in [-0.4, -0.2) is 82.2 Å². The molecule has 8 heteroatoms. The summed E-state index contributed by atoms with van der Waals surface area (Å²) in [5, 5.41) is 41.4. The Balaban J connectivity index is 2.65. The molecule has 5 N–H and O–H groups in total. The molecule has 1 heterocycles. The minimum atomic E-state index is -1.49. The molecule has 8 nitrogen and oxygen atoms in total. The zero-order valence-corrected chi connectivity index (χ0v) is 13.2. The lowest BCUT2D eigenvalue weighted by atomic mass is 9.99. The largest absolute Gasteiger partial charge is 0.394 e. The Kier molecular flexibility index (Phi) is 7.84. The van der Waals surface area contributed by atoms with Gasteiger partial charge in [-0.2, -0.15) is 0 Å². The van der Waals surface area contributed by atoms with Crippen LogP contribution in [0.5, 0.6) is 0 Å². The Morgan fingerprint density at radius 1 is 1.23 bits per heavy atom. The number of aliphatic hydroxyl groups excluding tert-OH is 4. The lowest BCUT2D eigenvalue weighted by molar-refractivity contribution is -0.301. The van der Waals surface area contributed by atoms with Crippen molar-refractivity contribution in [3.8, 4) is 0 Å². The first-order valence-electron chi connectivity index (χ1n) is 7.52. The second-order valence-electron chi connectivity index (χ2n) is 5.72. The lowest BCUT2D eigenvalue weighted by Crippen LogP contribution is -2.59. The highest BCUT2D eigenvalue weighted by Crippen LogP contribution is 2.22. The molecule has 0 saturated carbocycles. The molecule has 1 aliphatic heterocycles. The first-order valence-corrected chi connectivity index (χ1v) is 7.52. The highest BCUT2D eigenvalue weighted by molar-refractivity contribution is 5.83. The topological polar surface area (TPSA) is 128 Å². The molecule has 0 aromatic rings. The summed E-state index contributed by atoms with van der Waals surface area (Å²) in [6.07, 6.45) is -6.30. The fraction of sp³-hybridized carbons (Fsp3) is 0.929. The number of ether oxygens (including phenoxy) is 2. The van der Waals surface area contributed by atoms with Gasteiger partial charge < -0.3 is 35.2 Å². The van der Waals surface area contributed by atoms with Gasteiger partial charge in [-0.25, -0.2) is 0 Å². The number of aliphatic hydroxyl groups is 4. The average molecular weight is 321 g/mol. The standard InChI is InChI=1S/C14H27NO7/c1-4-9(17)8(15-7(2)3)6-21-14-13(20)12(19)11(18)10(5-16)22-14/h7-8,10-16,18-20H,4-6H2,1-3H3/t8-,10?,11+,12?,13?,14+/m0/s1. The van der Waals surface area contributed by atoms with Crippen LogP contribution in [0.25, 0.3) is 0 Å². The summed E-state index contributed by atoms with van der Waals surface area (Å²) in [7, 11) is 0. The van der Waals surface area contributed by atoms with E-state index in [0.717, 1.165) is 0 Å². The third-order valence-corrected chi connectivity index (χ3v) is 3.55. The van der Waals surface area contributed by atoms with Crippen molar-refractivity contribution in [1.82, 2.24) is 5.32 Å². The summed E-state index contributed by atoms with van der Waals surface area (Å²) in [6, 6.07) is -0.490. The van der Waals surface area contributed by atoms with Gasteiger partial charge in [0.15, 0.2) is 12.1 Å². The van der Waals surface area contributed by atoms with Crippen LogP contribution in [0.3, 0.4) is 0 Å². The van der Waals surface area contributed by atoms with Crippen LogP contribution in [0.1, 0.15) is 27.2 Å². The molecule has 3 unspecified atom stereocenters. The quantitative estimate of drug-likeness (QED) is 0.352. The van der Waals surface area contributed by atoms with Gasteiger partial charge in [-0.05, 0) is 0 Å². The number of nitrogens with one attached hydrogen (secondary N) is 1. The molecule has 1 saturated heterocycles. The van der Waals surface area contributed by atoms with Crippen LogP contribution < -0.4 is 5.32 Å². The van der Waals surface area contributed by atoms with Crippen molar-refractivity contribution < 1.29 is 34.7 Å². The maximum Gasteiger partial charge on any atom is 0.186 e. The van der Waals surface area contributed by atoms with E-state index < -0.39 is 43.4 Å². The monoisotopic (exact) mass is 321 g/mol. The highest BCUT2D eigenvalue weighted by atomic mass is 16.7. The van der Waals surface area contributed by atoms with E-state index in [1.807, 2.05) is 13.8 Å². The fourth-order valence-corrected chi connectivity index (χ4v) is 2.28. The van der Waals surface area contributed by atoms with Gasteiger partial charge in [0, 0.05) is 12.5 Å². The van der Waals surface area contributed by atoms with E-state index in [1.165, 1.54) is 0 Å². The van der Waals surface area contributed by atoms with Gasteiger partial charge >= 0.3 is 0 Å². The van der Waals surface area contributed by atoms with Crippen LogP contribution >= 0.6 is 0 Å². The number of carbonyl (C=O) groups excluding carboxylic acids is 1. The number of ketones is 1. The normalized spacial score (nSPS) is 33.9. The molecule has 0 amide bonds. The third-order valence-electron chi connectivity index (χ3n) is 3.55. The van der Waals surface area contributed by atoms with Gasteiger partial charge in [0.25, 0.3) is 0 Å². The zero-order chi connectivity index (χ0) is 16.9. The number of rotatable bonds is 8. The molecular weight excluding hydrogens is 294 g/mol. The zero-order valence-electron chi connectivity index (χ0n) is 13.2. The Hall–Kier alpha value is -0.610. The minimum absolute atomic E-state index is 0.0432. The van der Waals surface area contributed by atoms with E-state index >= 15 is 0 Å². The number of Topliss-reactive ketones (excluding diaryl/α,β-unsaturated/α-hetero) is 1. The van der Waals surface area contributed by atoms with Crippen molar-refractivity contribution in [2.45, 2.75) is 70.0 Å². The molecular formula is C14H27NO7. The van der Waals surface area contributed by atoms with Gasteiger partial charge in [-0.3, -0.25) is 4.79 Å². The van der Waals surface area contributed by atoms with Crippen LogP contribution in [0.4, 0.5) is 0 Å². The predicted molar refractivity (Wildman–Crippen MR) is 77.1 cm³/mol. The molecule has 0 bridgehead atoms. The smallest absolute Gasteiger partial charge is 0.186 e.